The lowest BCUT2D eigenvalue weighted by Gasteiger charge is -2.34. The van der Waals surface area contributed by atoms with Crippen molar-refractivity contribution in [1.82, 2.24) is 15.0 Å². The fraction of sp³-hybridized carbons (Fsp3) is 0.529. The van der Waals surface area contributed by atoms with Crippen LogP contribution in [0.1, 0.15) is 17.9 Å². The van der Waals surface area contributed by atoms with Crippen LogP contribution in [0.5, 0.6) is 0 Å². The van der Waals surface area contributed by atoms with E-state index in [2.05, 4.69) is 28.0 Å². The summed E-state index contributed by atoms with van der Waals surface area (Å²) >= 11 is 0. The van der Waals surface area contributed by atoms with Crippen molar-refractivity contribution in [2.75, 3.05) is 26.3 Å². The number of ether oxygens (including phenoxy) is 1. The minimum absolute atomic E-state index is 0.128. The van der Waals surface area contributed by atoms with Crippen LogP contribution in [0.15, 0.2) is 28.8 Å². The van der Waals surface area contributed by atoms with Crippen LogP contribution in [0.25, 0.3) is 11.4 Å². The van der Waals surface area contributed by atoms with Gasteiger partial charge in [-0.1, -0.05) is 29.4 Å². The van der Waals surface area contributed by atoms with Gasteiger partial charge < -0.3 is 15.0 Å². The van der Waals surface area contributed by atoms with E-state index in [1.807, 2.05) is 18.2 Å². The average molecular weight is 314 g/mol. The zero-order valence-corrected chi connectivity index (χ0v) is 13.4. The number of likely N-dealkylation sites (tertiary alicyclic amines) is 1. The highest BCUT2D eigenvalue weighted by Crippen LogP contribution is 2.32. The Bertz CT molecular complexity index is 701. The first-order valence-corrected chi connectivity index (χ1v) is 8.12. The minimum atomic E-state index is -0.128. The molecule has 6 heteroatoms. The fourth-order valence-electron chi connectivity index (χ4n) is 3.66. The highest BCUT2D eigenvalue weighted by Gasteiger charge is 2.45. The van der Waals surface area contributed by atoms with Gasteiger partial charge in [0.1, 0.15) is 0 Å². The molecule has 2 saturated heterocycles. The maximum absolute atomic E-state index is 6.54. The Labute approximate surface area is 135 Å². The van der Waals surface area contributed by atoms with Gasteiger partial charge in [-0.15, -0.1) is 0 Å². The molecule has 6 nitrogen and oxygen atoms in total. The quantitative estimate of drug-likeness (QED) is 0.927. The largest absolute Gasteiger partial charge is 0.381 e. The molecule has 0 radical (unpaired) electrons. The van der Waals surface area contributed by atoms with Crippen molar-refractivity contribution in [2.45, 2.75) is 25.4 Å². The zero-order valence-electron chi connectivity index (χ0n) is 13.4. The Balaban J connectivity index is 1.48. The van der Waals surface area contributed by atoms with Crippen LogP contribution in [0.3, 0.4) is 0 Å². The van der Waals surface area contributed by atoms with Gasteiger partial charge in [0.2, 0.25) is 11.7 Å². The molecule has 0 saturated carbocycles. The first-order chi connectivity index (χ1) is 11.1. The number of aromatic nitrogens is 2. The topological polar surface area (TPSA) is 77.4 Å². The van der Waals surface area contributed by atoms with E-state index in [1.54, 1.807) is 0 Å². The van der Waals surface area contributed by atoms with Gasteiger partial charge in [0.05, 0.1) is 13.2 Å². The summed E-state index contributed by atoms with van der Waals surface area (Å²) in [6.45, 7) is 6.01. The summed E-state index contributed by atoms with van der Waals surface area (Å²) in [4.78, 5) is 6.85. The smallest absolute Gasteiger partial charge is 0.241 e. The molecule has 0 amide bonds. The van der Waals surface area contributed by atoms with Crippen molar-refractivity contribution in [3.05, 3.63) is 35.7 Å². The van der Waals surface area contributed by atoms with Gasteiger partial charge >= 0.3 is 0 Å². The summed E-state index contributed by atoms with van der Waals surface area (Å²) in [6.07, 6.45) is 0.923. The van der Waals surface area contributed by atoms with E-state index in [0.717, 1.165) is 43.9 Å². The van der Waals surface area contributed by atoms with Gasteiger partial charge in [0.15, 0.2) is 0 Å². The minimum Gasteiger partial charge on any atom is -0.381 e. The Morgan fingerprint density at radius 1 is 1.39 bits per heavy atom. The number of hydrogen-bond donors (Lipinski definition) is 1. The van der Waals surface area contributed by atoms with E-state index in [9.17, 15) is 0 Å². The molecule has 2 N–H and O–H groups in total. The van der Waals surface area contributed by atoms with E-state index in [1.165, 1.54) is 0 Å². The van der Waals surface area contributed by atoms with Crippen molar-refractivity contribution >= 4 is 0 Å². The monoisotopic (exact) mass is 314 g/mol. The van der Waals surface area contributed by atoms with Gasteiger partial charge in [0.25, 0.3) is 0 Å². The molecule has 0 unspecified atom stereocenters. The number of nitrogens with two attached hydrogens (primary N) is 1. The second-order valence-corrected chi connectivity index (χ2v) is 6.75. The third-order valence-corrected chi connectivity index (χ3v) is 5.05. The van der Waals surface area contributed by atoms with Gasteiger partial charge in [-0.3, -0.25) is 4.90 Å². The van der Waals surface area contributed by atoms with Gasteiger partial charge in [-0.25, -0.2) is 0 Å². The van der Waals surface area contributed by atoms with Gasteiger partial charge in [-0.05, 0) is 18.9 Å². The summed E-state index contributed by atoms with van der Waals surface area (Å²) in [5.74, 6) is 1.70. The molecule has 0 aliphatic carbocycles. The summed E-state index contributed by atoms with van der Waals surface area (Å²) in [6, 6.07) is 8.06. The van der Waals surface area contributed by atoms with Crippen LogP contribution in [-0.4, -0.2) is 46.9 Å². The van der Waals surface area contributed by atoms with E-state index in [0.29, 0.717) is 24.2 Å². The van der Waals surface area contributed by atoms with Crippen molar-refractivity contribution < 1.29 is 9.26 Å². The molecule has 3 heterocycles. The zero-order chi connectivity index (χ0) is 15.9. The molecule has 2 aromatic rings. The molecular weight excluding hydrogens is 292 g/mol. The molecule has 2 atom stereocenters. The number of hydrogen-bond acceptors (Lipinski definition) is 6. The molecule has 4 rings (SSSR count). The van der Waals surface area contributed by atoms with E-state index in [4.69, 9.17) is 15.0 Å². The van der Waals surface area contributed by atoms with E-state index >= 15 is 0 Å². The Hall–Kier alpha value is -1.76. The molecule has 1 aromatic carbocycles. The first kappa shape index (κ1) is 14.8. The van der Waals surface area contributed by atoms with Crippen LogP contribution >= 0.6 is 0 Å². The molecule has 0 bridgehead atoms. The van der Waals surface area contributed by atoms with Crippen LogP contribution in [0, 0.1) is 12.8 Å². The third kappa shape index (κ3) is 2.78. The normalized spacial score (nSPS) is 28.0. The molecule has 122 valence electrons. The van der Waals surface area contributed by atoms with E-state index < -0.39 is 0 Å². The SMILES string of the molecule is Cc1ccccc1-c1noc(CN2C[C@@H]3COCC[C@]3(N)C2)n1. The van der Waals surface area contributed by atoms with Crippen molar-refractivity contribution in [1.29, 1.82) is 0 Å². The maximum Gasteiger partial charge on any atom is 0.241 e. The molecule has 0 spiro atoms. The average Bonchev–Trinajstić information content (AvgIpc) is 3.11. The van der Waals surface area contributed by atoms with Crippen molar-refractivity contribution in [3.63, 3.8) is 0 Å². The molecule has 2 aliphatic rings. The Kier molecular flexibility index (Phi) is 3.67. The number of nitrogens with zero attached hydrogens (tertiary/aromatic N) is 3. The highest BCUT2D eigenvalue weighted by atomic mass is 16.5. The summed E-state index contributed by atoms with van der Waals surface area (Å²) in [7, 11) is 0. The standard InChI is InChI=1S/C17H22N4O2/c1-12-4-2-3-5-14(12)16-19-15(23-20-16)9-21-8-13-10-22-7-6-17(13,18)11-21/h2-5,13H,6-11,18H2,1H3/t13-,17+/m1/s1. The molecule has 2 fully saturated rings. The summed E-state index contributed by atoms with van der Waals surface area (Å²) < 4.78 is 11.0. The lowest BCUT2D eigenvalue weighted by atomic mass is 9.84. The van der Waals surface area contributed by atoms with Gasteiger partial charge in [0, 0.05) is 36.7 Å². The number of aryl methyl sites for hydroxylation is 1. The van der Waals surface area contributed by atoms with Gasteiger partial charge in [-0.2, -0.15) is 4.98 Å². The molecular formula is C17H22N4O2. The predicted octanol–water partition coefficient (Wildman–Crippen LogP) is 1.59. The third-order valence-electron chi connectivity index (χ3n) is 5.05. The second kappa shape index (κ2) is 5.70. The van der Waals surface area contributed by atoms with Crippen molar-refractivity contribution in [3.8, 4) is 11.4 Å². The van der Waals surface area contributed by atoms with Crippen LogP contribution in [0.4, 0.5) is 0 Å². The summed E-state index contributed by atoms with van der Waals surface area (Å²) in [5.41, 5.74) is 8.57. The maximum atomic E-state index is 6.54. The molecule has 2 aliphatic heterocycles. The number of fused-ring (bicyclic) bond motifs is 1. The lowest BCUT2D eigenvalue weighted by Crippen LogP contribution is -2.52. The molecule has 1 aromatic heterocycles. The highest BCUT2D eigenvalue weighted by molar-refractivity contribution is 5.58. The second-order valence-electron chi connectivity index (χ2n) is 6.75. The Morgan fingerprint density at radius 3 is 3.09 bits per heavy atom. The lowest BCUT2D eigenvalue weighted by molar-refractivity contribution is 0.0241. The number of benzene rings is 1. The number of rotatable bonds is 3. The van der Waals surface area contributed by atoms with E-state index in [-0.39, 0.29) is 5.54 Å². The van der Waals surface area contributed by atoms with Crippen LogP contribution in [0.2, 0.25) is 0 Å². The van der Waals surface area contributed by atoms with Crippen LogP contribution in [-0.2, 0) is 11.3 Å². The molecule has 23 heavy (non-hydrogen) atoms. The van der Waals surface area contributed by atoms with Crippen molar-refractivity contribution in [2.24, 2.45) is 11.7 Å². The fourth-order valence-corrected chi connectivity index (χ4v) is 3.66. The predicted molar refractivity (Wildman–Crippen MR) is 85.6 cm³/mol. The summed E-state index contributed by atoms with van der Waals surface area (Å²) in [5, 5.41) is 4.13. The van der Waals surface area contributed by atoms with Crippen LogP contribution < -0.4 is 5.73 Å². The first-order valence-electron chi connectivity index (χ1n) is 8.12. The Morgan fingerprint density at radius 2 is 2.26 bits per heavy atom.